The smallest absolute Gasteiger partial charge is 0.0823 e. The zero-order valence-corrected chi connectivity index (χ0v) is 11.7. The Kier molecular flexibility index (Phi) is 4.51. The topological polar surface area (TPSA) is 12.0 Å². The first-order valence-electron chi connectivity index (χ1n) is 5.98. The van der Waals surface area contributed by atoms with E-state index < -0.39 is 0 Å². The number of hydrogen-bond donors (Lipinski definition) is 1. The number of nitrogens with one attached hydrogen (secondary N) is 1. The van der Waals surface area contributed by atoms with Crippen LogP contribution in [0.3, 0.4) is 0 Å². The number of halogens is 2. The molecule has 1 unspecified atom stereocenters. The summed E-state index contributed by atoms with van der Waals surface area (Å²) in [5.41, 5.74) is 2.12. The lowest BCUT2D eigenvalue weighted by molar-refractivity contribution is 0.749. The molecular formula is C15H15Cl2N. The van der Waals surface area contributed by atoms with Crippen LogP contribution in [0, 0.1) is 0 Å². The van der Waals surface area contributed by atoms with E-state index in [-0.39, 0.29) is 6.04 Å². The van der Waals surface area contributed by atoms with Gasteiger partial charge >= 0.3 is 0 Å². The lowest BCUT2D eigenvalue weighted by Gasteiger charge is -2.20. The van der Waals surface area contributed by atoms with Gasteiger partial charge in [0, 0.05) is 0 Å². The summed E-state index contributed by atoms with van der Waals surface area (Å²) in [4.78, 5) is 0. The van der Waals surface area contributed by atoms with Gasteiger partial charge in [0.25, 0.3) is 0 Å². The summed E-state index contributed by atoms with van der Waals surface area (Å²) in [5, 5.41) is 4.59. The molecule has 0 spiro atoms. The Bertz CT molecular complexity index is 511. The molecule has 0 heterocycles. The van der Waals surface area contributed by atoms with E-state index in [0.29, 0.717) is 10.0 Å². The van der Waals surface area contributed by atoms with Crippen LogP contribution in [-0.4, -0.2) is 0 Å². The zero-order valence-electron chi connectivity index (χ0n) is 10.2. The molecule has 3 heteroatoms. The number of benzene rings is 2. The lowest BCUT2D eigenvalue weighted by atomic mass is 10.0. The molecule has 0 bridgehead atoms. The van der Waals surface area contributed by atoms with E-state index >= 15 is 0 Å². The quantitative estimate of drug-likeness (QED) is 0.773. The van der Waals surface area contributed by atoms with Crippen LogP contribution in [0.1, 0.15) is 24.9 Å². The first-order valence-corrected chi connectivity index (χ1v) is 6.73. The fraction of sp³-hybridized carbons (Fsp3) is 0.200. The van der Waals surface area contributed by atoms with Crippen LogP contribution < -0.4 is 5.32 Å². The molecule has 1 N–H and O–H groups in total. The van der Waals surface area contributed by atoms with E-state index in [1.54, 1.807) is 6.07 Å². The van der Waals surface area contributed by atoms with E-state index in [2.05, 4.69) is 24.4 Å². The molecule has 0 aliphatic heterocycles. The van der Waals surface area contributed by atoms with Gasteiger partial charge < -0.3 is 5.32 Å². The van der Waals surface area contributed by atoms with E-state index in [9.17, 15) is 0 Å². The molecular weight excluding hydrogens is 265 g/mol. The molecule has 0 fully saturated rings. The Morgan fingerprint density at radius 2 is 1.72 bits per heavy atom. The van der Waals surface area contributed by atoms with Gasteiger partial charge in [-0.1, -0.05) is 66.5 Å². The van der Waals surface area contributed by atoms with Gasteiger partial charge in [-0.15, -0.1) is 0 Å². The average Bonchev–Trinajstić information content (AvgIpc) is 2.41. The van der Waals surface area contributed by atoms with Crippen molar-refractivity contribution in [2.45, 2.75) is 19.4 Å². The predicted octanol–water partition coefficient (Wildman–Crippen LogP) is 5.56. The minimum atomic E-state index is 0.238. The van der Waals surface area contributed by atoms with Gasteiger partial charge in [-0.25, -0.2) is 0 Å². The summed E-state index contributed by atoms with van der Waals surface area (Å²) < 4.78 is 0. The van der Waals surface area contributed by atoms with Crippen molar-refractivity contribution in [2.24, 2.45) is 0 Å². The third-order valence-electron chi connectivity index (χ3n) is 2.89. The Morgan fingerprint density at radius 1 is 1.00 bits per heavy atom. The summed E-state index contributed by atoms with van der Waals surface area (Å²) in [6, 6.07) is 16.2. The molecule has 2 aromatic carbocycles. The van der Waals surface area contributed by atoms with Crippen molar-refractivity contribution in [1.82, 2.24) is 0 Å². The molecule has 0 aliphatic rings. The van der Waals surface area contributed by atoms with Crippen LogP contribution in [0.4, 0.5) is 5.69 Å². The first kappa shape index (κ1) is 13.3. The largest absolute Gasteiger partial charge is 0.377 e. The van der Waals surface area contributed by atoms with Gasteiger partial charge in [0.15, 0.2) is 0 Å². The first-order chi connectivity index (χ1) is 8.72. The van der Waals surface area contributed by atoms with Crippen molar-refractivity contribution in [3.05, 3.63) is 64.1 Å². The third-order valence-corrected chi connectivity index (χ3v) is 3.71. The summed E-state index contributed by atoms with van der Waals surface area (Å²) in [5.74, 6) is 0. The van der Waals surface area contributed by atoms with Crippen molar-refractivity contribution in [1.29, 1.82) is 0 Å². The predicted molar refractivity (Wildman–Crippen MR) is 79.6 cm³/mol. The summed E-state index contributed by atoms with van der Waals surface area (Å²) in [7, 11) is 0. The highest BCUT2D eigenvalue weighted by Crippen LogP contribution is 2.32. The van der Waals surface area contributed by atoms with Crippen LogP contribution in [0.2, 0.25) is 10.0 Å². The SMILES string of the molecule is CCC(Nc1cccc(Cl)c1Cl)c1ccccc1. The maximum absolute atomic E-state index is 6.19. The highest BCUT2D eigenvalue weighted by molar-refractivity contribution is 6.43. The summed E-state index contributed by atoms with van der Waals surface area (Å²) in [6.45, 7) is 2.14. The van der Waals surface area contributed by atoms with Gasteiger partial charge in [0.2, 0.25) is 0 Å². The van der Waals surface area contributed by atoms with E-state index in [4.69, 9.17) is 23.2 Å². The second-order valence-corrected chi connectivity index (χ2v) is 4.90. The monoisotopic (exact) mass is 279 g/mol. The number of rotatable bonds is 4. The molecule has 94 valence electrons. The Hall–Kier alpha value is -1.18. The van der Waals surface area contributed by atoms with Crippen molar-refractivity contribution in [3.63, 3.8) is 0 Å². The maximum atomic E-state index is 6.19. The van der Waals surface area contributed by atoms with Crippen molar-refractivity contribution < 1.29 is 0 Å². The van der Waals surface area contributed by atoms with Crippen LogP contribution >= 0.6 is 23.2 Å². The van der Waals surface area contributed by atoms with Crippen LogP contribution in [0.25, 0.3) is 0 Å². The second kappa shape index (κ2) is 6.12. The summed E-state index contributed by atoms with van der Waals surface area (Å²) in [6.07, 6.45) is 0.979. The Morgan fingerprint density at radius 3 is 2.39 bits per heavy atom. The summed E-state index contributed by atoms with van der Waals surface area (Å²) >= 11 is 12.2. The fourth-order valence-corrected chi connectivity index (χ4v) is 2.26. The van der Waals surface area contributed by atoms with Crippen LogP contribution in [0.5, 0.6) is 0 Å². The second-order valence-electron chi connectivity index (χ2n) is 4.12. The number of hydrogen-bond acceptors (Lipinski definition) is 1. The molecule has 0 saturated carbocycles. The van der Waals surface area contributed by atoms with Crippen molar-refractivity contribution in [2.75, 3.05) is 5.32 Å². The van der Waals surface area contributed by atoms with Crippen molar-refractivity contribution in [3.8, 4) is 0 Å². The van der Waals surface area contributed by atoms with Gasteiger partial charge in [-0.2, -0.15) is 0 Å². The van der Waals surface area contributed by atoms with Crippen molar-refractivity contribution >= 4 is 28.9 Å². The molecule has 0 aliphatic carbocycles. The fourth-order valence-electron chi connectivity index (χ4n) is 1.91. The molecule has 0 amide bonds. The van der Waals surface area contributed by atoms with Gasteiger partial charge in [0.05, 0.1) is 21.8 Å². The Labute approximate surface area is 118 Å². The number of anilines is 1. The molecule has 1 atom stereocenters. The minimum Gasteiger partial charge on any atom is -0.377 e. The van der Waals surface area contributed by atoms with Crippen LogP contribution in [0.15, 0.2) is 48.5 Å². The third kappa shape index (κ3) is 2.98. The normalized spacial score (nSPS) is 12.2. The van der Waals surface area contributed by atoms with Crippen LogP contribution in [-0.2, 0) is 0 Å². The van der Waals surface area contributed by atoms with E-state index in [1.807, 2.05) is 30.3 Å². The molecule has 0 saturated heterocycles. The van der Waals surface area contributed by atoms with E-state index in [1.165, 1.54) is 5.56 Å². The van der Waals surface area contributed by atoms with Gasteiger partial charge in [-0.3, -0.25) is 0 Å². The molecule has 0 aromatic heterocycles. The lowest BCUT2D eigenvalue weighted by Crippen LogP contribution is -2.09. The molecule has 2 rings (SSSR count). The highest BCUT2D eigenvalue weighted by Gasteiger charge is 2.11. The zero-order chi connectivity index (χ0) is 13.0. The standard InChI is InChI=1S/C15H15Cl2N/c1-2-13(11-7-4-3-5-8-11)18-14-10-6-9-12(16)15(14)17/h3-10,13,18H,2H2,1H3. The maximum Gasteiger partial charge on any atom is 0.0823 e. The molecule has 18 heavy (non-hydrogen) atoms. The Balaban J connectivity index is 2.24. The minimum absolute atomic E-state index is 0.238. The van der Waals surface area contributed by atoms with E-state index in [0.717, 1.165) is 12.1 Å². The molecule has 2 aromatic rings. The average molecular weight is 280 g/mol. The highest BCUT2D eigenvalue weighted by atomic mass is 35.5. The van der Waals surface area contributed by atoms with Gasteiger partial charge in [0.1, 0.15) is 0 Å². The van der Waals surface area contributed by atoms with Gasteiger partial charge in [-0.05, 0) is 24.1 Å². The molecule has 1 nitrogen and oxygen atoms in total. The molecule has 0 radical (unpaired) electrons.